The number of halogens is 1. The number of aryl methyl sites for hydroxylation is 1. The molecule has 0 aromatic carbocycles. The third-order valence-corrected chi connectivity index (χ3v) is 5.64. The van der Waals surface area contributed by atoms with Crippen LogP contribution in [0.15, 0.2) is 12.1 Å². The molecule has 1 saturated heterocycles. The molecule has 1 aliphatic heterocycles. The van der Waals surface area contributed by atoms with Gasteiger partial charge in [-0.3, -0.25) is 4.79 Å². The van der Waals surface area contributed by atoms with Crippen LogP contribution in [0.2, 0.25) is 0 Å². The first-order chi connectivity index (χ1) is 9.11. The summed E-state index contributed by atoms with van der Waals surface area (Å²) in [6.45, 7) is 5.04. The summed E-state index contributed by atoms with van der Waals surface area (Å²) in [6.07, 6.45) is 3.46. The lowest BCUT2D eigenvalue weighted by atomic mass is 9.91. The maximum atomic E-state index is 12.5. The van der Waals surface area contributed by atoms with Crippen LogP contribution in [0.5, 0.6) is 0 Å². The van der Waals surface area contributed by atoms with Gasteiger partial charge in [0.05, 0.1) is 6.54 Å². The fourth-order valence-corrected chi connectivity index (χ4v) is 4.27. The van der Waals surface area contributed by atoms with Crippen LogP contribution in [-0.4, -0.2) is 30.9 Å². The van der Waals surface area contributed by atoms with Crippen LogP contribution in [0.4, 0.5) is 0 Å². The number of nitrogens with zero attached hydrogens (tertiary/aromatic N) is 1. The Bertz CT molecular complexity index is 482. The molecule has 1 amide bonds. The quantitative estimate of drug-likeness (QED) is 0.930. The van der Waals surface area contributed by atoms with E-state index in [2.05, 4.69) is 24.4 Å². The molecule has 112 valence electrons. The number of amides is 1. The van der Waals surface area contributed by atoms with Crippen molar-refractivity contribution in [3.8, 4) is 0 Å². The first-order valence-electron chi connectivity index (χ1n) is 7.12. The van der Waals surface area contributed by atoms with Crippen molar-refractivity contribution >= 4 is 29.7 Å². The maximum absolute atomic E-state index is 12.5. The van der Waals surface area contributed by atoms with Gasteiger partial charge in [-0.25, -0.2) is 0 Å². The molecule has 1 aromatic rings. The van der Waals surface area contributed by atoms with Crippen LogP contribution < -0.4 is 5.32 Å². The summed E-state index contributed by atoms with van der Waals surface area (Å²) in [5.41, 5.74) is 0.349. The second kappa shape index (κ2) is 6.04. The van der Waals surface area contributed by atoms with Gasteiger partial charge in [0.15, 0.2) is 0 Å². The van der Waals surface area contributed by atoms with Gasteiger partial charge in [0.1, 0.15) is 0 Å². The molecule has 2 heterocycles. The van der Waals surface area contributed by atoms with E-state index >= 15 is 0 Å². The van der Waals surface area contributed by atoms with E-state index in [9.17, 15) is 4.79 Å². The van der Waals surface area contributed by atoms with Crippen molar-refractivity contribution in [3.63, 3.8) is 0 Å². The second-order valence-corrected chi connectivity index (χ2v) is 7.45. The summed E-state index contributed by atoms with van der Waals surface area (Å²) in [6, 6.07) is 4.26. The van der Waals surface area contributed by atoms with Gasteiger partial charge in [-0.15, -0.1) is 23.7 Å². The molecule has 20 heavy (non-hydrogen) atoms. The van der Waals surface area contributed by atoms with Gasteiger partial charge in [0.25, 0.3) is 0 Å². The van der Waals surface area contributed by atoms with E-state index in [1.54, 1.807) is 11.3 Å². The Labute approximate surface area is 131 Å². The van der Waals surface area contributed by atoms with Crippen LogP contribution >= 0.6 is 23.7 Å². The summed E-state index contributed by atoms with van der Waals surface area (Å²) in [7, 11) is 1.95. The van der Waals surface area contributed by atoms with Gasteiger partial charge in [0.2, 0.25) is 5.91 Å². The number of thiophene rings is 1. The van der Waals surface area contributed by atoms with E-state index in [4.69, 9.17) is 0 Å². The van der Waals surface area contributed by atoms with Crippen LogP contribution in [0.25, 0.3) is 0 Å². The number of hydrogen-bond donors (Lipinski definition) is 1. The van der Waals surface area contributed by atoms with Crippen LogP contribution in [0.1, 0.15) is 29.0 Å². The topological polar surface area (TPSA) is 32.3 Å². The fraction of sp³-hybridized carbons (Fsp3) is 0.667. The first kappa shape index (κ1) is 15.8. The summed E-state index contributed by atoms with van der Waals surface area (Å²) in [5, 5.41) is 3.39. The van der Waals surface area contributed by atoms with Crippen LogP contribution in [-0.2, 0) is 11.3 Å². The minimum absolute atomic E-state index is 0. The highest BCUT2D eigenvalue weighted by molar-refractivity contribution is 7.11. The lowest BCUT2D eigenvalue weighted by molar-refractivity contribution is -0.132. The SMILES string of the molecule is Cc1ccc(CN(C)C(=O)C2CC23CCNCC3)s1.Cl. The molecular formula is C15H23ClN2OS. The molecule has 1 atom stereocenters. The van der Waals surface area contributed by atoms with E-state index in [1.807, 2.05) is 11.9 Å². The third kappa shape index (κ3) is 3.02. The number of nitrogens with one attached hydrogen (secondary N) is 1. The van der Waals surface area contributed by atoms with Gasteiger partial charge in [-0.05, 0) is 56.8 Å². The molecule has 2 aliphatic rings. The molecule has 1 N–H and O–H groups in total. The van der Waals surface area contributed by atoms with E-state index in [0.29, 0.717) is 17.2 Å². The van der Waals surface area contributed by atoms with Crippen LogP contribution in [0, 0.1) is 18.3 Å². The lowest BCUT2D eigenvalue weighted by Gasteiger charge is -2.25. The number of rotatable bonds is 3. The number of piperidine rings is 1. The van der Waals surface area contributed by atoms with Gasteiger partial charge >= 0.3 is 0 Å². The van der Waals surface area contributed by atoms with E-state index in [-0.39, 0.29) is 12.4 Å². The molecule has 1 unspecified atom stereocenters. The number of carbonyl (C=O) groups excluding carboxylic acids is 1. The molecule has 1 aromatic heterocycles. The summed E-state index contributed by atoms with van der Waals surface area (Å²) >= 11 is 1.79. The number of hydrogen-bond acceptors (Lipinski definition) is 3. The van der Waals surface area contributed by atoms with Crippen molar-refractivity contribution in [1.82, 2.24) is 10.2 Å². The molecule has 1 saturated carbocycles. The standard InChI is InChI=1S/C15H22N2OS.ClH/c1-11-3-4-12(19-11)10-17(2)14(18)13-9-15(13)5-7-16-8-6-15;/h3-4,13,16H,5-10H2,1-2H3;1H. The molecule has 3 rings (SSSR count). The highest BCUT2D eigenvalue weighted by Gasteiger charge is 2.58. The molecule has 1 aliphatic carbocycles. The maximum Gasteiger partial charge on any atom is 0.226 e. The Balaban J connectivity index is 0.00000147. The average Bonchev–Trinajstić information content (AvgIpc) is 2.92. The minimum Gasteiger partial charge on any atom is -0.340 e. The highest BCUT2D eigenvalue weighted by atomic mass is 35.5. The van der Waals surface area contributed by atoms with Gasteiger partial charge in [-0.2, -0.15) is 0 Å². The predicted octanol–water partition coefficient (Wildman–Crippen LogP) is 2.83. The average molecular weight is 315 g/mol. The Hall–Kier alpha value is -0.580. The van der Waals surface area contributed by atoms with Gasteiger partial charge < -0.3 is 10.2 Å². The molecular weight excluding hydrogens is 292 g/mol. The highest BCUT2D eigenvalue weighted by Crippen LogP contribution is 2.59. The normalized spacial score (nSPS) is 23.2. The molecule has 2 fully saturated rings. The van der Waals surface area contributed by atoms with Gasteiger partial charge in [-0.1, -0.05) is 0 Å². The zero-order valence-electron chi connectivity index (χ0n) is 12.1. The van der Waals surface area contributed by atoms with Crippen molar-refractivity contribution in [2.75, 3.05) is 20.1 Å². The monoisotopic (exact) mass is 314 g/mol. The minimum atomic E-state index is 0. The molecule has 0 radical (unpaired) electrons. The van der Waals surface area contributed by atoms with E-state index < -0.39 is 0 Å². The summed E-state index contributed by atoms with van der Waals surface area (Å²) < 4.78 is 0. The molecule has 3 nitrogen and oxygen atoms in total. The van der Waals surface area contributed by atoms with Crippen molar-refractivity contribution in [3.05, 3.63) is 21.9 Å². The van der Waals surface area contributed by atoms with Crippen molar-refractivity contribution in [2.45, 2.75) is 32.7 Å². The van der Waals surface area contributed by atoms with Crippen LogP contribution in [0.3, 0.4) is 0 Å². The smallest absolute Gasteiger partial charge is 0.226 e. The molecule has 0 bridgehead atoms. The zero-order chi connectivity index (χ0) is 13.5. The van der Waals surface area contributed by atoms with Crippen molar-refractivity contribution in [1.29, 1.82) is 0 Å². The fourth-order valence-electron chi connectivity index (χ4n) is 3.32. The van der Waals surface area contributed by atoms with E-state index in [1.165, 1.54) is 22.6 Å². The predicted molar refractivity (Wildman–Crippen MR) is 85.4 cm³/mol. The largest absolute Gasteiger partial charge is 0.340 e. The molecule has 5 heteroatoms. The summed E-state index contributed by atoms with van der Waals surface area (Å²) in [4.78, 5) is 17.0. The Morgan fingerprint density at radius 1 is 1.45 bits per heavy atom. The Kier molecular flexibility index (Phi) is 4.77. The lowest BCUT2D eigenvalue weighted by Crippen LogP contribution is -2.34. The summed E-state index contributed by atoms with van der Waals surface area (Å²) in [5.74, 6) is 0.647. The Morgan fingerprint density at radius 2 is 2.15 bits per heavy atom. The van der Waals surface area contributed by atoms with Gasteiger partial charge in [0, 0.05) is 22.7 Å². The second-order valence-electron chi connectivity index (χ2n) is 6.08. The zero-order valence-corrected chi connectivity index (χ0v) is 13.8. The molecule has 1 spiro atoms. The Morgan fingerprint density at radius 3 is 2.75 bits per heavy atom. The van der Waals surface area contributed by atoms with Crippen molar-refractivity contribution < 1.29 is 4.79 Å². The first-order valence-corrected chi connectivity index (χ1v) is 7.93. The van der Waals surface area contributed by atoms with Crippen molar-refractivity contribution in [2.24, 2.45) is 11.3 Å². The third-order valence-electron chi connectivity index (χ3n) is 4.65. The number of carbonyl (C=O) groups is 1. The van der Waals surface area contributed by atoms with E-state index in [0.717, 1.165) is 26.1 Å².